The molecule has 0 aliphatic carbocycles. The third-order valence-corrected chi connectivity index (χ3v) is 6.01. The van der Waals surface area contributed by atoms with E-state index in [-0.39, 0.29) is 6.61 Å². The van der Waals surface area contributed by atoms with Gasteiger partial charge in [-0.3, -0.25) is 0 Å². The molecule has 180 valence electrons. The molecule has 0 radical (unpaired) electrons. The van der Waals surface area contributed by atoms with Crippen LogP contribution in [0, 0.1) is 26.7 Å². The third kappa shape index (κ3) is 5.29. The number of rotatable bonds is 9. The van der Waals surface area contributed by atoms with E-state index in [1.165, 1.54) is 0 Å². The lowest BCUT2D eigenvalue weighted by Gasteiger charge is -2.16. The second-order valence-corrected chi connectivity index (χ2v) is 8.84. The van der Waals surface area contributed by atoms with Crippen molar-refractivity contribution in [3.63, 3.8) is 0 Å². The molecule has 1 fully saturated rings. The van der Waals surface area contributed by atoms with Crippen LogP contribution < -0.4 is 10.1 Å². The van der Waals surface area contributed by atoms with Gasteiger partial charge >= 0.3 is 0 Å². The zero-order chi connectivity index (χ0) is 24.2. The number of benzene rings is 1. The number of aliphatic hydroxyl groups excluding tert-OH is 1. The number of allylic oxidation sites excluding steroid dienone is 1. The molecule has 2 atom stereocenters. The summed E-state index contributed by atoms with van der Waals surface area (Å²) in [5.41, 5.74) is 5.34. The fourth-order valence-electron chi connectivity index (χ4n) is 4.25. The standard InChI is InChI=1S/C26H32N4O4/c1-15-9-19(13-32-15)10-23-16(2)25(24-17(3)30-34-18(24)4)29-26(28-23)20-7-6-8-22(11-20)33-14-21(31)12-27-5/h6-8,11,19,21,27,31H,1,9-10,12-14H2,2-5H3/t19-,21?/m1/s1. The van der Waals surface area contributed by atoms with E-state index >= 15 is 0 Å². The van der Waals surface area contributed by atoms with Crippen molar-refractivity contribution in [1.29, 1.82) is 0 Å². The molecule has 8 heteroatoms. The Labute approximate surface area is 200 Å². The number of hydrogen-bond donors (Lipinski definition) is 2. The summed E-state index contributed by atoms with van der Waals surface area (Å²) in [7, 11) is 1.79. The van der Waals surface area contributed by atoms with Crippen LogP contribution in [0.2, 0.25) is 0 Å². The van der Waals surface area contributed by atoms with Crippen molar-refractivity contribution in [2.75, 3.05) is 26.8 Å². The molecule has 8 nitrogen and oxygen atoms in total. The average molecular weight is 465 g/mol. The highest BCUT2D eigenvalue weighted by Crippen LogP contribution is 2.34. The van der Waals surface area contributed by atoms with Crippen LogP contribution in [-0.4, -0.2) is 53.1 Å². The number of aryl methyl sites for hydroxylation is 2. The predicted octanol–water partition coefficient (Wildman–Crippen LogP) is 3.78. The predicted molar refractivity (Wildman–Crippen MR) is 130 cm³/mol. The first-order chi connectivity index (χ1) is 16.4. The van der Waals surface area contributed by atoms with Crippen molar-refractivity contribution < 1.29 is 19.1 Å². The normalized spacial score (nSPS) is 16.5. The fourth-order valence-corrected chi connectivity index (χ4v) is 4.25. The van der Waals surface area contributed by atoms with Crippen molar-refractivity contribution in [1.82, 2.24) is 20.4 Å². The number of aromatic nitrogens is 3. The number of nitrogens with one attached hydrogen (secondary N) is 1. The molecule has 1 aliphatic heterocycles. The lowest BCUT2D eigenvalue weighted by Crippen LogP contribution is -2.29. The molecule has 1 saturated heterocycles. The van der Waals surface area contributed by atoms with Gasteiger partial charge in [0.1, 0.15) is 24.2 Å². The van der Waals surface area contributed by atoms with Gasteiger partial charge < -0.3 is 24.4 Å². The summed E-state index contributed by atoms with van der Waals surface area (Å²) in [5.74, 6) is 3.14. The molecule has 0 spiro atoms. The Morgan fingerprint density at radius 2 is 2.09 bits per heavy atom. The van der Waals surface area contributed by atoms with Gasteiger partial charge in [-0.15, -0.1) is 0 Å². The van der Waals surface area contributed by atoms with E-state index < -0.39 is 6.10 Å². The molecule has 34 heavy (non-hydrogen) atoms. The maximum atomic E-state index is 9.97. The van der Waals surface area contributed by atoms with Crippen LogP contribution in [0.15, 0.2) is 41.1 Å². The van der Waals surface area contributed by atoms with E-state index in [1.807, 2.05) is 45.0 Å². The number of nitrogens with zero attached hydrogens (tertiary/aromatic N) is 3. The van der Waals surface area contributed by atoms with Gasteiger partial charge in [0.25, 0.3) is 0 Å². The average Bonchev–Trinajstić information content (AvgIpc) is 3.38. The minimum absolute atomic E-state index is 0.195. The highest BCUT2D eigenvalue weighted by atomic mass is 16.5. The Kier molecular flexibility index (Phi) is 7.29. The van der Waals surface area contributed by atoms with Gasteiger partial charge in [0, 0.05) is 30.1 Å². The molecule has 3 aromatic rings. The van der Waals surface area contributed by atoms with Crippen molar-refractivity contribution in [2.45, 2.75) is 39.7 Å². The topological polar surface area (TPSA) is 103 Å². The van der Waals surface area contributed by atoms with Crippen molar-refractivity contribution in [2.24, 2.45) is 5.92 Å². The number of likely N-dealkylation sites (N-methyl/N-ethyl adjacent to an activating group) is 1. The molecular weight excluding hydrogens is 432 g/mol. The monoisotopic (exact) mass is 464 g/mol. The molecule has 2 aromatic heterocycles. The van der Waals surface area contributed by atoms with Crippen molar-refractivity contribution >= 4 is 0 Å². The van der Waals surface area contributed by atoms with Gasteiger partial charge in [-0.1, -0.05) is 23.9 Å². The van der Waals surface area contributed by atoms with Gasteiger partial charge in [0.2, 0.25) is 0 Å². The molecule has 3 heterocycles. The second-order valence-electron chi connectivity index (χ2n) is 8.84. The molecule has 0 saturated carbocycles. The summed E-state index contributed by atoms with van der Waals surface area (Å²) in [6, 6.07) is 7.63. The van der Waals surface area contributed by atoms with Crippen LogP contribution >= 0.6 is 0 Å². The maximum absolute atomic E-state index is 9.97. The van der Waals surface area contributed by atoms with Crippen LogP contribution in [-0.2, 0) is 11.2 Å². The molecule has 1 aromatic carbocycles. The summed E-state index contributed by atoms with van der Waals surface area (Å²) in [6.45, 7) is 11.1. The smallest absolute Gasteiger partial charge is 0.160 e. The SMILES string of the molecule is C=C1C[C@H](Cc2nc(-c3cccc(OCC(O)CNC)c3)nc(-c3c(C)noc3C)c2C)CO1. The number of hydrogen-bond acceptors (Lipinski definition) is 8. The van der Waals surface area contributed by atoms with E-state index in [9.17, 15) is 5.11 Å². The summed E-state index contributed by atoms with van der Waals surface area (Å²) in [6.07, 6.45) is 1.01. The Morgan fingerprint density at radius 1 is 1.26 bits per heavy atom. The van der Waals surface area contributed by atoms with Crippen LogP contribution in [0.3, 0.4) is 0 Å². The van der Waals surface area contributed by atoms with E-state index in [2.05, 4.69) is 17.1 Å². The van der Waals surface area contributed by atoms with Crippen LogP contribution in [0.1, 0.15) is 29.1 Å². The Balaban J connectivity index is 1.72. The number of ether oxygens (including phenoxy) is 2. The number of aliphatic hydroxyl groups is 1. The first-order valence-corrected chi connectivity index (χ1v) is 11.5. The highest BCUT2D eigenvalue weighted by molar-refractivity contribution is 5.71. The minimum atomic E-state index is -0.592. The summed E-state index contributed by atoms with van der Waals surface area (Å²) in [5, 5.41) is 17.0. The lowest BCUT2D eigenvalue weighted by atomic mass is 9.96. The molecule has 1 unspecified atom stereocenters. The van der Waals surface area contributed by atoms with E-state index in [1.54, 1.807) is 7.05 Å². The molecular formula is C26H32N4O4. The zero-order valence-electron chi connectivity index (χ0n) is 20.2. The summed E-state index contributed by atoms with van der Waals surface area (Å²) >= 11 is 0. The Morgan fingerprint density at radius 3 is 2.76 bits per heavy atom. The molecule has 1 aliphatic rings. The highest BCUT2D eigenvalue weighted by Gasteiger charge is 2.25. The second kappa shape index (κ2) is 10.4. The largest absolute Gasteiger partial charge is 0.498 e. The quantitative estimate of drug-likeness (QED) is 0.493. The first kappa shape index (κ1) is 23.9. The zero-order valence-corrected chi connectivity index (χ0v) is 20.2. The van der Waals surface area contributed by atoms with Crippen LogP contribution in [0.25, 0.3) is 22.6 Å². The van der Waals surface area contributed by atoms with Crippen molar-refractivity contribution in [3.05, 3.63) is 59.3 Å². The van der Waals surface area contributed by atoms with Gasteiger partial charge in [0.05, 0.1) is 29.3 Å². The third-order valence-electron chi connectivity index (χ3n) is 6.01. The van der Waals surface area contributed by atoms with E-state index in [0.717, 1.165) is 58.1 Å². The molecule has 0 amide bonds. The minimum Gasteiger partial charge on any atom is -0.498 e. The van der Waals surface area contributed by atoms with Gasteiger partial charge in [-0.2, -0.15) is 0 Å². The molecule has 0 bridgehead atoms. The van der Waals surface area contributed by atoms with E-state index in [0.29, 0.717) is 30.6 Å². The Bertz CT molecular complexity index is 1150. The Hall–Kier alpha value is -3.23. The fraction of sp³-hybridized carbons (Fsp3) is 0.423. The van der Waals surface area contributed by atoms with Gasteiger partial charge in [-0.05, 0) is 51.9 Å². The summed E-state index contributed by atoms with van der Waals surface area (Å²) < 4.78 is 16.8. The van der Waals surface area contributed by atoms with E-state index in [4.69, 9.17) is 24.0 Å². The molecule has 2 N–H and O–H groups in total. The summed E-state index contributed by atoms with van der Waals surface area (Å²) in [4.78, 5) is 9.91. The van der Waals surface area contributed by atoms with Crippen LogP contribution in [0.5, 0.6) is 5.75 Å². The lowest BCUT2D eigenvalue weighted by molar-refractivity contribution is 0.108. The maximum Gasteiger partial charge on any atom is 0.160 e. The van der Waals surface area contributed by atoms with Gasteiger partial charge in [-0.25, -0.2) is 9.97 Å². The van der Waals surface area contributed by atoms with Gasteiger partial charge in [0.15, 0.2) is 5.82 Å². The molecule has 4 rings (SSSR count). The van der Waals surface area contributed by atoms with Crippen molar-refractivity contribution in [3.8, 4) is 28.4 Å². The first-order valence-electron chi connectivity index (χ1n) is 11.5. The van der Waals surface area contributed by atoms with Crippen LogP contribution in [0.4, 0.5) is 0 Å².